The number of fused-ring (bicyclic) bond motifs is 1. The minimum atomic E-state index is -3.70. The zero-order valence-electron chi connectivity index (χ0n) is 10.8. The normalized spacial score (nSPS) is 11.5. The van der Waals surface area contributed by atoms with E-state index in [0.29, 0.717) is 5.69 Å². The van der Waals surface area contributed by atoms with E-state index in [-0.39, 0.29) is 10.0 Å². The van der Waals surface area contributed by atoms with Crippen LogP contribution in [0.15, 0.2) is 65.7 Å². The highest BCUT2D eigenvalue weighted by Crippen LogP contribution is 2.25. The molecule has 0 radical (unpaired) electrons. The summed E-state index contributed by atoms with van der Waals surface area (Å²) in [6.07, 6.45) is 1.36. The predicted octanol–water partition coefficient (Wildman–Crippen LogP) is 3.69. The van der Waals surface area contributed by atoms with Crippen LogP contribution in [-0.4, -0.2) is 13.4 Å². The summed E-state index contributed by atoms with van der Waals surface area (Å²) in [6, 6.07) is 15.7. The number of hydrogen-bond donors (Lipinski definition) is 1. The third kappa shape index (κ3) is 2.84. The number of halogens is 1. The Kier molecular flexibility index (Phi) is 3.53. The minimum Gasteiger partial charge on any atom is -0.279 e. The Hall–Kier alpha value is -2.11. The van der Waals surface area contributed by atoms with Gasteiger partial charge in [-0.1, -0.05) is 48.0 Å². The third-order valence-corrected chi connectivity index (χ3v) is 4.61. The van der Waals surface area contributed by atoms with E-state index in [1.807, 2.05) is 30.3 Å². The van der Waals surface area contributed by atoms with Crippen LogP contribution in [0, 0.1) is 0 Å². The molecule has 6 heteroatoms. The molecule has 1 aromatic heterocycles. The fourth-order valence-corrected chi connectivity index (χ4v) is 3.40. The van der Waals surface area contributed by atoms with Gasteiger partial charge in [0.05, 0.1) is 10.6 Å². The van der Waals surface area contributed by atoms with Crippen molar-refractivity contribution in [1.82, 2.24) is 4.98 Å². The van der Waals surface area contributed by atoms with Crippen LogP contribution in [0.5, 0.6) is 0 Å². The summed E-state index contributed by atoms with van der Waals surface area (Å²) in [4.78, 5) is 3.86. The quantitative estimate of drug-likeness (QED) is 0.749. The third-order valence-electron chi connectivity index (χ3n) is 3.04. The van der Waals surface area contributed by atoms with Gasteiger partial charge in [0.2, 0.25) is 0 Å². The summed E-state index contributed by atoms with van der Waals surface area (Å²) in [5.74, 6) is 0. The molecule has 3 aromatic rings. The van der Waals surface area contributed by atoms with Gasteiger partial charge in [0.1, 0.15) is 5.15 Å². The van der Waals surface area contributed by atoms with Crippen LogP contribution in [0.25, 0.3) is 10.8 Å². The lowest BCUT2D eigenvalue weighted by molar-refractivity contribution is 0.601. The van der Waals surface area contributed by atoms with Crippen LogP contribution in [0.3, 0.4) is 0 Å². The van der Waals surface area contributed by atoms with Crippen LogP contribution in [0.2, 0.25) is 5.15 Å². The first-order valence-electron chi connectivity index (χ1n) is 6.18. The molecule has 0 aliphatic heterocycles. The molecule has 0 amide bonds. The van der Waals surface area contributed by atoms with E-state index in [1.165, 1.54) is 18.3 Å². The molecule has 0 unspecified atom stereocenters. The standard InChI is InChI=1S/C15H11ClN2O2S/c16-15-10-12(8-9-17-15)21(19,20)18-14-7-3-5-11-4-1-2-6-13(11)14/h1-10,18H. The average Bonchev–Trinajstić information content (AvgIpc) is 2.47. The molecular formula is C15H11ClN2O2S. The zero-order chi connectivity index (χ0) is 14.9. The van der Waals surface area contributed by atoms with Crippen molar-refractivity contribution in [1.29, 1.82) is 0 Å². The van der Waals surface area contributed by atoms with Gasteiger partial charge in [0, 0.05) is 11.6 Å². The molecule has 0 atom stereocenters. The minimum absolute atomic E-state index is 0.0791. The van der Waals surface area contributed by atoms with Gasteiger partial charge in [-0.05, 0) is 23.6 Å². The van der Waals surface area contributed by atoms with E-state index in [9.17, 15) is 8.42 Å². The summed E-state index contributed by atoms with van der Waals surface area (Å²) in [5.41, 5.74) is 0.529. The monoisotopic (exact) mass is 318 g/mol. The molecule has 1 N–H and O–H groups in total. The maximum Gasteiger partial charge on any atom is 0.262 e. The highest BCUT2D eigenvalue weighted by molar-refractivity contribution is 7.92. The molecule has 0 fully saturated rings. The Morgan fingerprint density at radius 2 is 1.76 bits per heavy atom. The van der Waals surface area contributed by atoms with E-state index in [1.54, 1.807) is 12.1 Å². The number of sulfonamides is 1. The topological polar surface area (TPSA) is 59.1 Å². The van der Waals surface area contributed by atoms with Crippen molar-refractivity contribution in [3.8, 4) is 0 Å². The number of nitrogens with zero attached hydrogens (tertiary/aromatic N) is 1. The van der Waals surface area contributed by atoms with Crippen LogP contribution in [0.4, 0.5) is 5.69 Å². The molecule has 0 saturated heterocycles. The van der Waals surface area contributed by atoms with Gasteiger partial charge in [0.25, 0.3) is 10.0 Å². The Balaban J connectivity index is 2.06. The lowest BCUT2D eigenvalue weighted by Gasteiger charge is -2.10. The molecule has 1 heterocycles. The van der Waals surface area contributed by atoms with Gasteiger partial charge in [-0.15, -0.1) is 0 Å². The second-order valence-corrected chi connectivity index (χ2v) is 6.52. The highest BCUT2D eigenvalue weighted by atomic mass is 35.5. The fourth-order valence-electron chi connectivity index (χ4n) is 2.07. The summed E-state index contributed by atoms with van der Waals surface area (Å²) >= 11 is 5.75. The lowest BCUT2D eigenvalue weighted by Crippen LogP contribution is -2.13. The summed E-state index contributed by atoms with van der Waals surface area (Å²) < 4.78 is 27.4. The van der Waals surface area contributed by atoms with Crippen molar-refractivity contribution >= 4 is 38.1 Å². The lowest BCUT2D eigenvalue weighted by atomic mass is 10.1. The molecule has 0 aliphatic rings. The van der Waals surface area contributed by atoms with E-state index in [0.717, 1.165) is 10.8 Å². The molecule has 21 heavy (non-hydrogen) atoms. The van der Waals surface area contributed by atoms with Crippen molar-refractivity contribution in [2.45, 2.75) is 4.90 Å². The van der Waals surface area contributed by atoms with E-state index >= 15 is 0 Å². The van der Waals surface area contributed by atoms with Gasteiger partial charge >= 0.3 is 0 Å². The molecule has 106 valence electrons. The maximum atomic E-state index is 12.4. The molecule has 3 rings (SSSR count). The number of aromatic nitrogens is 1. The second-order valence-electron chi connectivity index (χ2n) is 4.45. The number of hydrogen-bond acceptors (Lipinski definition) is 3. The Morgan fingerprint density at radius 1 is 1.00 bits per heavy atom. The Morgan fingerprint density at radius 3 is 2.57 bits per heavy atom. The smallest absolute Gasteiger partial charge is 0.262 e. The van der Waals surface area contributed by atoms with Crippen LogP contribution in [0.1, 0.15) is 0 Å². The van der Waals surface area contributed by atoms with Crippen molar-refractivity contribution in [3.05, 3.63) is 65.9 Å². The van der Waals surface area contributed by atoms with Crippen molar-refractivity contribution < 1.29 is 8.42 Å². The van der Waals surface area contributed by atoms with Gasteiger partial charge in [0.15, 0.2) is 0 Å². The fraction of sp³-hybridized carbons (Fsp3) is 0. The van der Waals surface area contributed by atoms with Crippen LogP contribution >= 0.6 is 11.6 Å². The molecule has 0 saturated carbocycles. The van der Waals surface area contributed by atoms with Crippen LogP contribution in [-0.2, 0) is 10.0 Å². The molecule has 4 nitrogen and oxygen atoms in total. The number of benzene rings is 2. The molecule has 0 spiro atoms. The summed E-state index contributed by atoms with van der Waals surface area (Å²) in [6.45, 7) is 0. The zero-order valence-corrected chi connectivity index (χ0v) is 12.4. The van der Waals surface area contributed by atoms with Crippen molar-refractivity contribution in [2.24, 2.45) is 0 Å². The SMILES string of the molecule is O=S(=O)(Nc1cccc2ccccc12)c1ccnc(Cl)c1. The average molecular weight is 319 g/mol. The first kappa shape index (κ1) is 13.9. The summed E-state index contributed by atoms with van der Waals surface area (Å²) in [5, 5.41) is 1.94. The largest absolute Gasteiger partial charge is 0.279 e. The van der Waals surface area contributed by atoms with Crippen molar-refractivity contribution in [2.75, 3.05) is 4.72 Å². The number of rotatable bonds is 3. The maximum absolute atomic E-state index is 12.4. The first-order chi connectivity index (χ1) is 10.1. The molecule has 0 bridgehead atoms. The van der Waals surface area contributed by atoms with Crippen LogP contribution < -0.4 is 4.72 Å². The first-order valence-corrected chi connectivity index (χ1v) is 8.04. The van der Waals surface area contributed by atoms with Gasteiger partial charge < -0.3 is 0 Å². The molecule has 2 aromatic carbocycles. The highest BCUT2D eigenvalue weighted by Gasteiger charge is 2.16. The number of pyridine rings is 1. The molecular weight excluding hydrogens is 308 g/mol. The number of anilines is 1. The number of nitrogens with one attached hydrogen (secondary N) is 1. The predicted molar refractivity (Wildman–Crippen MR) is 84.0 cm³/mol. The van der Waals surface area contributed by atoms with Gasteiger partial charge in [-0.3, -0.25) is 4.72 Å². The van der Waals surface area contributed by atoms with E-state index < -0.39 is 10.0 Å². The Labute approximate surface area is 127 Å². The van der Waals surface area contributed by atoms with Crippen molar-refractivity contribution in [3.63, 3.8) is 0 Å². The van der Waals surface area contributed by atoms with E-state index in [4.69, 9.17) is 11.6 Å². The Bertz CT molecular complexity index is 905. The van der Waals surface area contributed by atoms with Gasteiger partial charge in [-0.2, -0.15) is 0 Å². The second kappa shape index (κ2) is 5.35. The van der Waals surface area contributed by atoms with Gasteiger partial charge in [-0.25, -0.2) is 13.4 Å². The van der Waals surface area contributed by atoms with E-state index in [2.05, 4.69) is 9.71 Å². The summed E-state index contributed by atoms with van der Waals surface area (Å²) in [7, 11) is -3.70. The molecule has 0 aliphatic carbocycles.